The van der Waals surface area contributed by atoms with Crippen molar-refractivity contribution in [3.63, 3.8) is 0 Å². The summed E-state index contributed by atoms with van der Waals surface area (Å²) in [6.45, 7) is 10.2. The molecule has 14 amide bonds. The molecule has 6 aromatic carbocycles. The second-order valence-corrected chi connectivity index (χ2v) is 31.8. The van der Waals surface area contributed by atoms with Crippen molar-refractivity contribution >= 4 is 105 Å². The summed E-state index contributed by atoms with van der Waals surface area (Å²) in [7, 11) is 1.33. The van der Waals surface area contributed by atoms with Crippen LogP contribution in [0.3, 0.4) is 0 Å². The molecule has 2 heterocycles. The standard InChI is InChI=1S/C86H107N15O17S/c1-48(2)35-63-79(111)99-70(77(109)89-44-72(87)105)46-119-47-74(107)93-65(37-52-17-11-9-12-18-52)80(112)95-67(39-55-25-31-59(103)32-26-55)81(113)94-64(36-49(3)4)83(115)100-75(50(5)6)85(117)97-66(38-54-23-29-58(102)30-24-54)78(110)91-51(7)76(108)90-45-73(106)92-68(42-57-43-88-62-22-16-15-21-61(57)62)82(114)98-69(40-56-27-33-60(104)34-28-56)86(118)101(8)71(84(116)96-63)41-53-19-13-10-14-20-53/h9-34,43,48-51,63-71,75,88,102-104H,35-42,44-47H2,1-8H3,(H2,87,105)(H,89,109)(H,90,108)(H,91,110)(H,92,106)(H,93,107)(H,94,113)(H,95,112)(H,96,116)(H,97,117)(H,98,114)(H,99,111)(H,100,115)/t51-,63+,64+,65+,66+,67+,68+,69+,70+,71+,75+/m1/s1. The Morgan fingerprint density at radius 3 is 1.38 bits per heavy atom. The largest absolute Gasteiger partial charge is 0.508 e. The predicted octanol–water partition coefficient (Wildman–Crippen LogP) is 1.95. The van der Waals surface area contributed by atoms with Crippen molar-refractivity contribution in [3.05, 3.63) is 197 Å². The Kier molecular flexibility index (Phi) is 34.3. The van der Waals surface area contributed by atoms with Crippen LogP contribution in [-0.2, 0) is 106 Å². The zero-order valence-electron chi connectivity index (χ0n) is 67.6. The van der Waals surface area contributed by atoms with Gasteiger partial charge in [0.05, 0.1) is 18.8 Å². The number of likely N-dealkylation sites (N-methyl/N-ethyl adjacent to an activating group) is 1. The molecule has 1 saturated heterocycles. The van der Waals surface area contributed by atoms with Gasteiger partial charge >= 0.3 is 0 Å². The van der Waals surface area contributed by atoms with Crippen molar-refractivity contribution in [3.8, 4) is 17.2 Å². The smallest absolute Gasteiger partial charge is 0.245 e. The first kappa shape index (κ1) is 91.7. The van der Waals surface area contributed by atoms with Crippen LogP contribution in [0.4, 0.5) is 0 Å². The number of thioether (sulfide) groups is 1. The van der Waals surface area contributed by atoms with E-state index in [-0.39, 0.29) is 86.2 Å². The van der Waals surface area contributed by atoms with Crippen molar-refractivity contribution in [1.82, 2.24) is 73.7 Å². The molecule has 0 unspecified atom stereocenters. The van der Waals surface area contributed by atoms with Gasteiger partial charge in [-0.2, -0.15) is 0 Å². The molecule has 8 rings (SSSR count). The highest BCUT2D eigenvalue weighted by molar-refractivity contribution is 8.00. The fraction of sp³-hybridized carbons (Fsp3) is 0.395. The van der Waals surface area contributed by atoms with E-state index in [1.807, 2.05) is 0 Å². The number of hydrogen-bond donors (Lipinski definition) is 17. The van der Waals surface area contributed by atoms with E-state index < -0.39 is 174 Å². The average molecular weight is 1650 g/mol. The van der Waals surface area contributed by atoms with E-state index in [1.54, 1.807) is 133 Å². The van der Waals surface area contributed by atoms with Gasteiger partial charge in [-0.3, -0.25) is 67.1 Å². The molecule has 1 fully saturated rings. The number of aromatic amines is 1. The number of rotatable bonds is 20. The minimum atomic E-state index is -1.55. The third kappa shape index (κ3) is 28.8. The van der Waals surface area contributed by atoms with E-state index in [1.165, 1.54) is 86.8 Å². The number of para-hydroxylation sites is 1. The number of primary amides is 1. The first-order valence-corrected chi connectivity index (χ1v) is 40.5. The number of benzene rings is 6. The summed E-state index contributed by atoms with van der Waals surface area (Å²) >= 11 is 0.834. The van der Waals surface area contributed by atoms with Crippen LogP contribution in [0.1, 0.15) is 94.7 Å². The Morgan fingerprint density at radius 1 is 0.454 bits per heavy atom. The maximum atomic E-state index is 15.6. The van der Waals surface area contributed by atoms with E-state index in [9.17, 15) is 68.1 Å². The molecule has 634 valence electrons. The lowest BCUT2D eigenvalue weighted by molar-refractivity contribution is -0.143. The van der Waals surface area contributed by atoms with Crippen molar-refractivity contribution in [2.75, 3.05) is 31.6 Å². The molecule has 1 aromatic heterocycles. The van der Waals surface area contributed by atoms with Crippen molar-refractivity contribution in [1.29, 1.82) is 0 Å². The number of H-pyrrole nitrogens is 1. The molecule has 33 heteroatoms. The molecule has 0 spiro atoms. The monoisotopic (exact) mass is 1650 g/mol. The molecule has 18 N–H and O–H groups in total. The number of hydrogen-bond acceptors (Lipinski definition) is 18. The third-order valence-electron chi connectivity index (χ3n) is 19.8. The van der Waals surface area contributed by atoms with Gasteiger partial charge in [0.15, 0.2) is 0 Å². The van der Waals surface area contributed by atoms with E-state index in [0.29, 0.717) is 44.3 Å². The zero-order chi connectivity index (χ0) is 86.6. The molecule has 0 aliphatic carbocycles. The number of carbonyl (C=O) groups is 14. The van der Waals surface area contributed by atoms with Crippen molar-refractivity contribution in [2.45, 2.75) is 166 Å². The number of carbonyl (C=O) groups excluding carboxylic acids is 14. The van der Waals surface area contributed by atoms with Gasteiger partial charge in [-0.15, -0.1) is 11.8 Å². The molecule has 0 saturated carbocycles. The quantitative estimate of drug-likeness (QED) is 0.0518. The Labute approximate surface area is 694 Å². The first-order chi connectivity index (χ1) is 56.7. The van der Waals surface area contributed by atoms with Crippen LogP contribution in [-0.4, -0.2) is 206 Å². The normalized spacial score (nSPS) is 22.2. The summed E-state index contributed by atoms with van der Waals surface area (Å²) < 4.78 is 0. The molecular formula is C86H107N15O17S. The van der Waals surface area contributed by atoms with Gasteiger partial charge in [-0.1, -0.05) is 157 Å². The van der Waals surface area contributed by atoms with E-state index in [0.717, 1.165) is 16.7 Å². The van der Waals surface area contributed by atoms with Crippen molar-refractivity contribution in [2.24, 2.45) is 23.5 Å². The third-order valence-corrected chi connectivity index (χ3v) is 20.8. The Balaban J connectivity index is 1.18. The maximum Gasteiger partial charge on any atom is 0.245 e. The molecule has 11 atom stereocenters. The molecule has 1 aliphatic rings. The van der Waals surface area contributed by atoms with Gasteiger partial charge in [0.25, 0.3) is 0 Å². The number of aromatic nitrogens is 1. The molecule has 7 aromatic rings. The number of phenols is 3. The molecule has 0 bridgehead atoms. The number of phenolic OH excluding ortho intramolecular Hbond substituents is 3. The topological polar surface area (TPSA) is 489 Å². The van der Waals surface area contributed by atoms with Crippen LogP contribution in [0.15, 0.2) is 164 Å². The SMILES string of the molecule is CC(C)C[C@@H]1NC(=O)[C@H](Cc2ccc(O)cc2)NC(=O)[C@H](Cc2ccccc2)NC(=O)CSC[C@@H](C(=O)NCC(N)=O)NC(=O)[C@H](CC(C)C)NC(=O)[C@H](Cc2ccccc2)N(C)C(=O)[C@H](Cc2ccc(O)cc2)NC(=O)[C@H](Cc2c[nH]c3ccccc23)NC(=O)CNC(=O)[C@@H](C)NC(=O)[C@H](Cc2ccc(O)cc2)NC(=O)[C@H](C(C)C)NC1=O. The second kappa shape index (κ2) is 44.5. The van der Waals surface area contributed by atoms with Crippen LogP contribution in [0.25, 0.3) is 10.9 Å². The highest BCUT2D eigenvalue weighted by Crippen LogP contribution is 2.23. The minimum Gasteiger partial charge on any atom is -0.508 e. The Hall–Kier alpha value is -12.8. The molecule has 119 heavy (non-hydrogen) atoms. The molecular weight excluding hydrogens is 1550 g/mol. The van der Waals surface area contributed by atoms with Crippen molar-refractivity contribution < 1.29 is 82.4 Å². The second-order valence-electron chi connectivity index (χ2n) is 30.8. The van der Waals surface area contributed by atoms with E-state index in [2.05, 4.69) is 68.8 Å². The van der Waals surface area contributed by atoms with Crippen LogP contribution in [0.5, 0.6) is 17.2 Å². The number of nitrogens with one attached hydrogen (secondary N) is 13. The van der Waals surface area contributed by atoms with Gasteiger partial charge in [-0.25, -0.2) is 0 Å². The predicted molar refractivity (Wildman–Crippen MR) is 446 cm³/mol. The summed E-state index contributed by atoms with van der Waals surface area (Å²) in [5, 5.41) is 63.8. The number of nitrogens with two attached hydrogens (primary N) is 1. The van der Waals surface area contributed by atoms with E-state index >= 15 is 14.4 Å². The first-order valence-electron chi connectivity index (χ1n) is 39.3. The van der Waals surface area contributed by atoms with Gasteiger partial charge in [0.2, 0.25) is 82.7 Å². The van der Waals surface area contributed by atoms with Crippen LogP contribution >= 0.6 is 11.8 Å². The number of nitrogens with zero attached hydrogens (tertiary/aromatic N) is 1. The number of fused-ring (bicyclic) bond motifs is 1. The number of amides is 14. The molecule has 0 radical (unpaired) electrons. The fourth-order valence-electron chi connectivity index (χ4n) is 13.4. The lowest BCUT2D eigenvalue weighted by Crippen LogP contribution is -2.61. The Bertz CT molecular complexity index is 4690. The van der Waals surface area contributed by atoms with Crippen LogP contribution < -0.4 is 69.5 Å². The van der Waals surface area contributed by atoms with Gasteiger partial charge < -0.3 is 94.7 Å². The van der Waals surface area contributed by atoms with Gasteiger partial charge in [0, 0.05) is 68.4 Å². The molecule has 32 nitrogen and oxygen atoms in total. The van der Waals surface area contributed by atoms with Crippen LogP contribution in [0.2, 0.25) is 0 Å². The van der Waals surface area contributed by atoms with Crippen LogP contribution in [0, 0.1) is 17.8 Å². The zero-order valence-corrected chi connectivity index (χ0v) is 68.5. The summed E-state index contributed by atoms with van der Waals surface area (Å²) in [5.74, 6) is -14.8. The summed E-state index contributed by atoms with van der Waals surface area (Å²) in [5.41, 5.74) is 9.10. The summed E-state index contributed by atoms with van der Waals surface area (Å²) in [4.78, 5) is 209. The lowest BCUT2D eigenvalue weighted by atomic mass is 9.98. The maximum absolute atomic E-state index is 15.6. The van der Waals surface area contributed by atoms with E-state index in [4.69, 9.17) is 5.73 Å². The summed E-state index contributed by atoms with van der Waals surface area (Å²) in [6.07, 6.45) is 0.310. The molecule has 1 aliphatic heterocycles. The summed E-state index contributed by atoms with van der Waals surface area (Å²) in [6, 6.07) is 25.4. The highest BCUT2D eigenvalue weighted by Gasteiger charge is 2.40. The van der Waals surface area contributed by atoms with Gasteiger partial charge in [-0.05, 0) is 113 Å². The highest BCUT2D eigenvalue weighted by atomic mass is 32.2. The number of aromatic hydroxyl groups is 3. The van der Waals surface area contributed by atoms with Gasteiger partial charge in [0.1, 0.15) is 83.7 Å². The average Bonchev–Trinajstić information content (AvgIpc) is 1.75. The minimum absolute atomic E-state index is 0.0197. The Morgan fingerprint density at radius 2 is 0.866 bits per heavy atom. The lowest BCUT2D eigenvalue weighted by Gasteiger charge is -2.33. The fourth-order valence-corrected chi connectivity index (χ4v) is 14.3.